The number of benzene rings is 1. The Labute approximate surface area is 154 Å². The van der Waals surface area contributed by atoms with Gasteiger partial charge in [0.2, 0.25) is 11.6 Å². The Bertz CT molecular complexity index is 834. The van der Waals surface area contributed by atoms with Crippen molar-refractivity contribution in [2.24, 2.45) is 0 Å². The van der Waals surface area contributed by atoms with E-state index in [1.54, 1.807) is 52.0 Å². The fourth-order valence-electron chi connectivity index (χ4n) is 2.14. The molecule has 0 fully saturated rings. The van der Waals surface area contributed by atoms with E-state index in [1.165, 1.54) is 14.2 Å². The van der Waals surface area contributed by atoms with Gasteiger partial charge in [0.05, 0.1) is 11.1 Å². The minimum absolute atomic E-state index is 0.0956. The molecule has 1 aromatic carbocycles. The van der Waals surface area contributed by atoms with Gasteiger partial charge in [0.15, 0.2) is 0 Å². The zero-order valence-electron chi connectivity index (χ0n) is 15.9. The summed E-state index contributed by atoms with van der Waals surface area (Å²) in [6.45, 7) is 7.12. The molecule has 0 aliphatic heterocycles. The molecule has 2 rings (SSSR count). The monoisotopic (exact) mass is 350 g/mol. The number of hydrogen-bond donors (Lipinski definition) is 0. The van der Waals surface area contributed by atoms with Gasteiger partial charge in [0.1, 0.15) is 11.2 Å². The first-order chi connectivity index (χ1) is 12.1. The minimum atomic E-state index is -0.752. The van der Waals surface area contributed by atoms with E-state index in [9.17, 15) is 9.59 Å². The first kappa shape index (κ1) is 19.7. The summed E-state index contributed by atoms with van der Waals surface area (Å²) in [5.41, 5.74) is -0.631. The van der Waals surface area contributed by atoms with Crippen LogP contribution in [0.5, 0.6) is 0 Å². The maximum Gasteiger partial charge on any atom is 0.203 e. The molecule has 0 bridgehead atoms. The number of rotatable bonds is 2. The third-order valence-electron chi connectivity index (χ3n) is 4.12. The number of ether oxygens (including phenoxy) is 2. The molecule has 1 aliphatic rings. The van der Waals surface area contributed by atoms with E-state index in [0.717, 1.165) is 0 Å². The number of hydrogen-bond acceptors (Lipinski definition) is 4. The van der Waals surface area contributed by atoms with Gasteiger partial charge >= 0.3 is 0 Å². The Kier molecular flexibility index (Phi) is 5.52. The molecule has 1 aliphatic carbocycles. The first-order valence-electron chi connectivity index (χ1n) is 8.21. The average Bonchev–Trinajstić information content (AvgIpc) is 2.62. The van der Waals surface area contributed by atoms with Crippen LogP contribution >= 0.6 is 0 Å². The van der Waals surface area contributed by atoms with Crippen molar-refractivity contribution < 1.29 is 19.1 Å². The molecule has 0 radical (unpaired) electrons. The smallest absolute Gasteiger partial charge is 0.203 e. The molecule has 0 amide bonds. The summed E-state index contributed by atoms with van der Waals surface area (Å²) < 4.78 is 10.6. The van der Waals surface area contributed by atoms with Crippen molar-refractivity contribution in [3.05, 3.63) is 46.5 Å². The van der Waals surface area contributed by atoms with Crippen molar-refractivity contribution in [3.63, 3.8) is 0 Å². The molecule has 0 heterocycles. The van der Waals surface area contributed by atoms with Gasteiger partial charge in [0.25, 0.3) is 0 Å². The standard InChI is InChI=1S/C22H22O4/c1-21(2,25-5)13-11-17-18(12-14-22(3,4)26-6)20(24)16-10-8-7-9-15(16)19(17)23/h7-10H,1-6H3. The largest absolute Gasteiger partial charge is 0.366 e. The van der Waals surface area contributed by atoms with E-state index in [1.807, 2.05) is 0 Å². The topological polar surface area (TPSA) is 52.6 Å². The predicted molar refractivity (Wildman–Crippen MR) is 99.9 cm³/mol. The Hall–Kier alpha value is -2.66. The number of allylic oxidation sites excluding steroid dienone is 2. The molecule has 1 aromatic rings. The Morgan fingerprint density at radius 2 is 1.08 bits per heavy atom. The van der Waals surface area contributed by atoms with Gasteiger partial charge in [-0.25, -0.2) is 0 Å². The molecule has 4 nitrogen and oxygen atoms in total. The molecule has 0 spiro atoms. The van der Waals surface area contributed by atoms with Crippen molar-refractivity contribution in [2.75, 3.05) is 14.2 Å². The lowest BCUT2D eigenvalue weighted by molar-refractivity contribution is 0.0738. The zero-order chi connectivity index (χ0) is 19.5. The fraction of sp³-hybridized carbons (Fsp3) is 0.364. The van der Waals surface area contributed by atoms with Gasteiger partial charge in [-0.3, -0.25) is 9.59 Å². The number of fused-ring (bicyclic) bond motifs is 1. The highest BCUT2D eigenvalue weighted by Crippen LogP contribution is 2.26. The lowest BCUT2D eigenvalue weighted by Gasteiger charge is -2.18. The van der Waals surface area contributed by atoms with Crippen molar-refractivity contribution in [3.8, 4) is 23.7 Å². The zero-order valence-corrected chi connectivity index (χ0v) is 15.9. The molecular weight excluding hydrogens is 328 g/mol. The van der Waals surface area contributed by atoms with Crippen LogP contribution in [-0.2, 0) is 9.47 Å². The summed E-state index contributed by atoms with van der Waals surface area (Å²) in [6, 6.07) is 6.70. The lowest BCUT2D eigenvalue weighted by atomic mass is 9.84. The molecule has 26 heavy (non-hydrogen) atoms. The Morgan fingerprint density at radius 3 is 1.38 bits per heavy atom. The average molecular weight is 350 g/mol. The van der Waals surface area contributed by atoms with Gasteiger partial charge in [0, 0.05) is 25.3 Å². The van der Waals surface area contributed by atoms with E-state index in [2.05, 4.69) is 23.7 Å². The molecule has 134 valence electrons. The normalized spacial score (nSPS) is 14.2. The number of ketones is 2. The summed E-state index contributed by atoms with van der Waals surface area (Å²) in [7, 11) is 3.07. The van der Waals surface area contributed by atoms with E-state index in [0.29, 0.717) is 11.1 Å². The molecule has 0 aromatic heterocycles. The van der Waals surface area contributed by atoms with Crippen LogP contribution in [0, 0.1) is 23.7 Å². The van der Waals surface area contributed by atoms with Gasteiger partial charge in [-0.2, -0.15) is 0 Å². The highest BCUT2D eigenvalue weighted by Gasteiger charge is 2.31. The second-order valence-electron chi connectivity index (χ2n) is 6.88. The summed E-state index contributed by atoms with van der Waals surface area (Å²) in [4.78, 5) is 25.8. The maximum atomic E-state index is 12.9. The molecule has 0 unspecified atom stereocenters. The third kappa shape index (κ3) is 4.11. The number of carbonyl (C=O) groups excluding carboxylic acids is 2. The summed E-state index contributed by atoms with van der Waals surface area (Å²) >= 11 is 0. The van der Waals surface area contributed by atoms with Gasteiger partial charge in [-0.15, -0.1) is 0 Å². The van der Waals surface area contributed by atoms with Crippen LogP contribution in [-0.4, -0.2) is 37.0 Å². The maximum absolute atomic E-state index is 12.9. The van der Waals surface area contributed by atoms with Crippen molar-refractivity contribution in [1.82, 2.24) is 0 Å². The second-order valence-corrected chi connectivity index (χ2v) is 6.88. The van der Waals surface area contributed by atoms with Crippen LogP contribution in [0.25, 0.3) is 0 Å². The van der Waals surface area contributed by atoms with Gasteiger partial charge in [-0.1, -0.05) is 47.9 Å². The Morgan fingerprint density at radius 1 is 0.731 bits per heavy atom. The molecule has 0 saturated heterocycles. The van der Waals surface area contributed by atoms with Gasteiger partial charge < -0.3 is 9.47 Å². The van der Waals surface area contributed by atoms with Gasteiger partial charge in [-0.05, 0) is 27.7 Å². The van der Waals surface area contributed by atoms with Crippen LogP contribution < -0.4 is 0 Å². The molecule has 0 saturated carbocycles. The minimum Gasteiger partial charge on any atom is -0.366 e. The SMILES string of the molecule is COC(C)(C)C#CC1=C(C#CC(C)(C)OC)C(=O)c2ccccc2C1=O. The number of Topliss-reactive ketones (excluding diaryl/α,β-unsaturated/α-hetero) is 2. The fourth-order valence-corrected chi connectivity index (χ4v) is 2.14. The Balaban J connectivity index is 2.69. The van der Waals surface area contributed by atoms with Crippen LogP contribution in [0.1, 0.15) is 48.4 Å². The summed E-state index contributed by atoms with van der Waals surface area (Å²) in [5, 5.41) is 0. The van der Waals surface area contributed by atoms with Crippen LogP contribution in [0.15, 0.2) is 35.4 Å². The second kappa shape index (κ2) is 7.30. The lowest BCUT2D eigenvalue weighted by Crippen LogP contribution is -2.24. The van der Waals surface area contributed by atoms with Crippen molar-refractivity contribution in [2.45, 2.75) is 38.9 Å². The van der Waals surface area contributed by atoms with E-state index in [4.69, 9.17) is 9.47 Å². The van der Waals surface area contributed by atoms with Crippen molar-refractivity contribution >= 4 is 11.6 Å². The van der Waals surface area contributed by atoms with E-state index in [-0.39, 0.29) is 22.7 Å². The summed E-state index contributed by atoms with van der Waals surface area (Å²) in [6.07, 6.45) is 0. The molecule has 0 atom stereocenters. The third-order valence-corrected chi connectivity index (χ3v) is 4.12. The molecular formula is C22H22O4. The van der Waals surface area contributed by atoms with Crippen LogP contribution in [0.4, 0.5) is 0 Å². The number of methoxy groups -OCH3 is 2. The highest BCUT2D eigenvalue weighted by atomic mass is 16.5. The van der Waals surface area contributed by atoms with E-state index >= 15 is 0 Å². The van der Waals surface area contributed by atoms with Crippen LogP contribution in [0.2, 0.25) is 0 Å². The predicted octanol–water partition coefficient (Wildman–Crippen LogP) is 3.22. The molecule has 0 N–H and O–H groups in total. The highest BCUT2D eigenvalue weighted by molar-refractivity contribution is 6.30. The quantitative estimate of drug-likeness (QED) is 0.769. The van der Waals surface area contributed by atoms with Crippen LogP contribution in [0.3, 0.4) is 0 Å². The summed E-state index contributed by atoms with van der Waals surface area (Å²) in [5.74, 6) is 10.8. The first-order valence-corrected chi connectivity index (χ1v) is 8.21. The number of carbonyl (C=O) groups is 2. The van der Waals surface area contributed by atoms with E-state index < -0.39 is 11.2 Å². The molecule has 4 heteroatoms. The van der Waals surface area contributed by atoms with Crippen molar-refractivity contribution in [1.29, 1.82) is 0 Å².